The van der Waals surface area contributed by atoms with E-state index in [4.69, 9.17) is 9.72 Å². The Bertz CT molecular complexity index is 1180. The molecule has 1 unspecified atom stereocenters. The van der Waals surface area contributed by atoms with E-state index in [1.807, 2.05) is 24.0 Å². The van der Waals surface area contributed by atoms with Crippen molar-refractivity contribution >= 4 is 23.6 Å². The number of carbonyl (C=O) groups is 2. The van der Waals surface area contributed by atoms with Gasteiger partial charge < -0.3 is 14.2 Å². The molecule has 3 aromatic rings. The van der Waals surface area contributed by atoms with Gasteiger partial charge in [-0.25, -0.2) is 4.98 Å². The smallest absolute Gasteiger partial charge is 0.310 e. The van der Waals surface area contributed by atoms with Crippen LogP contribution in [0.1, 0.15) is 52.4 Å². The van der Waals surface area contributed by atoms with Crippen LogP contribution >= 0.6 is 11.8 Å². The fourth-order valence-electron chi connectivity index (χ4n) is 5.02. The van der Waals surface area contributed by atoms with E-state index in [1.54, 1.807) is 11.8 Å². The van der Waals surface area contributed by atoms with Gasteiger partial charge in [0.25, 0.3) is 0 Å². The van der Waals surface area contributed by atoms with Crippen molar-refractivity contribution < 1.29 is 14.3 Å². The molecule has 0 bridgehead atoms. The molecule has 38 heavy (non-hydrogen) atoms. The number of piperidine rings is 1. The molecule has 2 aromatic carbocycles. The van der Waals surface area contributed by atoms with Gasteiger partial charge in [0, 0.05) is 42.9 Å². The zero-order valence-electron chi connectivity index (χ0n) is 22.6. The summed E-state index contributed by atoms with van der Waals surface area (Å²) in [6, 6.07) is 20.9. The van der Waals surface area contributed by atoms with Crippen LogP contribution in [-0.2, 0) is 20.9 Å². The lowest BCUT2D eigenvalue weighted by atomic mass is 9.98. The molecular formula is C31H39N3O3S. The summed E-state index contributed by atoms with van der Waals surface area (Å²) in [4.78, 5) is 31.9. The molecule has 1 aliphatic heterocycles. The lowest BCUT2D eigenvalue weighted by Gasteiger charge is -2.31. The molecule has 2 heterocycles. The van der Waals surface area contributed by atoms with Crippen LogP contribution in [0.5, 0.6) is 0 Å². The van der Waals surface area contributed by atoms with E-state index in [2.05, 4.69) is 60.0 Å². The molecule has 6 nitrogen and oxygen atoms in total. The summed E-state index contributed by atoms with van der Waals surface area (Å²) in [5.74, 6) is 0.697. The van der Waals surface area contributed by atoms with Gasteiger partial charge in [0.1, 0.15) is 0 Å². The number of ether oxygens (including phenoxy) is 1. The maximum absolute atomic E-state index is 12.8. The normalized spacial score (nSPS) is 15.4. The molecule has 202 valence electrons. The second-order valence-electron chi connectivity index (χ2n) is 9.71. The molecule has 1 saturated heterocycles. The molecule has 7 heteroatoms. The number of aromatic nitrogens is 2. The molecule has 1 aromatic heterocycles. The molecule has 1 atom stereocenters. The fourth-order valence-corrected chi connectivity index (χ4v) is 6.04. The van der Waals surface area contributed by atoms with Crippen molar-refractivity contribution in [3.8, 4) is 22.5 Å². The molecule has 1 fully saturated rings. The zero-order valence-corrected chi connectivity index (χ0v) is 23.4. The van der Waals surface area contributed by atoms with Crippen molar-refractivity contribution in [1.82, 2.24) is 14.5 Å². The topological polar surface area (TPSA) is 64.4 Å². The van der Waals surface area contributed by atoms with Crippen LogP contribution in [-0.4, -0.2) is 51.8 Å². The molecule has 0 radical (unpaired) electrons. The Kier molecular flexibility index (Phi) is 10.4. The number of imidazole rings is 1. The monoisotopic (exact) mass is 533 g/mol. The maximum atomic E-state index is 12.8. The lowest BCUT2D eigenvalue weighted by Crippen LogP contribution is -2.42. The Morgan fingerprint density at radius 1 is 1.00 bits per heavy atom. The summed E-state index contributed by atoms with van der Waals surface area (Å²) in [5.41, 5.74) is 4.48. The number of likely N-dealkylation sites (tertiary alicyclic amines) is 1. The van der Waals surface area contributed by atoms with Crippen LogP contribution in [0.15, 0.2) is 65.8 Å². The minimum absolute atomic E-state index is 0.147. The van der Waals surface area contributed by atoms with E-state index in [0.29, 0.717) is 19.6 Å². The zero-order chi connectivity index (χ0) is 26.7. The Labute approximate surface area is 230 Å². The number of nitrogens with zero attached hydrogens (tertiary/aromatic N) is 3. The molecule has 0 spiro atoms. The van der Waals surface area contributed by atoms with Crippen LogP contribution in [0.2, 0.25) is 0 Å². The van der Waals surface area contributed by atoms with Crippen molar-refractivity contribution in [2.75, 3.05) is 25.4 Å². The SMILES string of the molecule is CCCn1c(SCCCCC(=O)N2CCCC(C(=O)OCC)C2)nc(-c2ccccc2)c1-c1ccccc1. The number of hydrogen-bond acceptors (Lipinski definition) is 5. The van der Waals surface area contributed by atoms with Gasteiger partial charge in [-0.05, 0) is 39.0 Å². The lowest BCUT2D eigenvalue weighted by molar-refractivity contribution is -0.151. The summed E-state index contributed by atoms with van der Waals surface area (Å²) in [5, 5.41) is 1.03. The predicted molar refractivity (Wildman–Crippen MR) is 154 cm³/mol. The Hall–Kier alpha value is -3.06. The van der Waals surface area contributed by atoms with Gasteiger partial charge in [0.2, 0.25) is 5.91 Å². The van der Waals surface area contributed by atoms with Crippen molar-refractivity contribution in [2.24, 2.45) is 5.92 Å². The largest absolute Gasteiger partial charge is 0.466 e. The first-order chi connectivity index (χ1) is 18.6. The molecule has 0 N–H and O–H groups in total. The fraction of sp³-hybridized carbons (Fsp3) is 0.452. The minimum Gasteiger partial charge on any atom is -0.466 e. The highest BCUT2D eigenvalue weighted by atomic mass is 32.2. The van der Waals surface area contributed by atoms with Gasteiger partial charge in [-0.15, -0.1) is 0 Å². The first kappa shape index (κ1) is 28.0. The van der Waals surface area contributed by atoms with Crippen LogP contribution < -0.4 is 0 Å². The summed E-state index contributed by atoms with van der Waals surface area (Å²) >= 11 is 1.77. The van der Waals surface area contributed by atoms with Gasteiger partial charge in [0.05, 0.1) is 23.9 Å². The number of unbranched alkanes of at least 4 members (excludes halogenated alkanes) is 1. The summed E-state index contributed by atoms with van der Waals surface area (Å²) < 4.78 is 7.53. The molecule has 0 saturated carbocycles. The van der Waals surface area contributed by atoms with Crippen molar-refractivity contribution in [2.45, 2.75) is 64.1 Å². The third-order valence-electron chi connectivity index (χ3n) is 6.88. The third-order valence-corrected chi connectivity index (χ3v) is 7.95. The van der Waals surface area contributed by atoms with Crippen molar-refractivity contribution in [1.29, 1.82) is 0 Å². The number of thioether (sulfide) groups is 1. The Balaban J connectivity index is 1.38. The standard InChI is InChI=1S/C31H39N3O3S/c1-3-20-34-29(25-16-9-6-10-17-25)28(24-14-7-5-8-15-24)32-31(34)38-22-12-11-19-27(35)33-21-13-18-26(23-33)30(36)37-4-2/h5-10,14-17,26H,3-4,11-13,18-23H2,1-2H3. The van der Waals surface area contributed by atoms with E-state index in [0.717, 1.165) is 73.1 Å². The van der Waals surface area contributed by atoms with E-state index >= 15 is 0 Å². The average Bonchev–Trinajstić information content (AvgIpc) is 3.32. The van der Waals surface area contributed by atoms with Gasteiger partial charge in [-0.3, -0.25) is 9.59 Å². The van der Waals surface area contributed by atoms with Crippen LogP contribution in [0.3, 0.4) is 0 Å². The highest BCUT2D eigenvalue weighted by Crippen LogP contribution is 2.36. The number of amides is 1. The third kappa shape index (κ3) is 7.07. The Morgan fingerprint density at radius 3 is 2.39 bits per heavy atom. The van der Waals surface area contributed by atoms with Crippen LogP contribution in [0, 0.1) is 5.92 Å². The van der Waals surface area contributed by atoms with E-state index < -0.39 is 0 Å². The highest BCUT2D eigenvalue weighted by Gasteiger charge is 2.29. The number of hydrogen-bond donors (Lipinski definition) is 0. The first-order valence-corrected chi connectivity index (χ1v) is 14.9. The molecule has 4 rings (SSSR count). The van der Waals surface area contributed by atoms with Crippen LogP contribution in [0.25, 0.3) is 22.5 Å². The minimum atomic E-state index is -0.182. The second kappa shape index (κ2) is 14.2. The molecule has 1 aliphatic rings. The molecule has 0 aliphatic carbocycles. The summed E-state index contributed by atoms with van der Waals surface area (Å²) in [6.45, 7) is 6.54. The average molecular weight is 534 g/mol. The van der Waals surface area contributed by atoms with Gasteiger partial charge >= 0.3 is 5.97 Å². The second-order valence-corrected chi connectivity index (χ2v) is 10.8. The Morgan fingerprint density at radius 2 is 1.71 bits per heavy atom. The van der Waals surface area contributed by atoms with Crippen molar-refractivity contribution in [3.05, 3.63) is 60.7 Å². The molecule has 1 amide bonds. The summed E-state index contributed by atoms with van der Waals surface area (Å²) in [6.07, 6.45) is 4.97. The molecular weight excluding hydrogens is 494 g/mol. The number of benzene rings is 2. The van der Waals surface area contributed by atoms with Gasteiger partial charge in [-0.1, -0.05) is 79.3 Å². The van der Waals surface area contributed by atoms with Gasteiger partial charge in [0.15, 0.2) is 5.16 Å². The summed E-state index contributed by atoms with van der Waals surface area (Å²) in [7, 11) is 0. The highest BCUT2D eigenvalue weighted by molar-refractivity contribution is 7.99. The maximum Gasteiger partial charge on any atom is 0.310 e. The van der Waals surface area contributed by atoms with E-state index in [1.165, 1.54) is 5.56 Å². The quantitative estimate of drug-likeness (QED) is 0.147. The number of esters is 1. The number of carbonyl (C=O) groups excluding carboxylic acids is 2. The van der Waals surface area contributed by atoms with Crippen LogP contribution in [0.4, 0.5) is 0 Å². The number of rotatable bonds is 12. The first-order valence-electron chi connectivity index (χ1n) is 13.9. The predicted octanol–water partition coefficient (Wildman–Crippen LogP) is 6.69. The van der Waals surface area contributed by atoms with E-state index in [-0.39, 0.29) is 17.8 Å². The van der Waals surface area contributed by atoms with Gasteiger partial charge in [-0.2, -0.15) is 0 Å². The van der Waals surface area contributed by atoms with E-state index in [9.17, 15) is 9.59 Å². The van der Waals surface area contributed by atoms with Crippen molar-refractivity contribution in [3.63, 3.8) is 0 Å².